The van der Waals surface area contributed by atoms with Gasteiger partial charge in [-0.3, -0.25) is 4.99 Å². The maximum absolute atomic E-state index is 8.40. The first-order valence-corrected chi connectivity index (χ1v) is 3.37. The van der Waals surface area contributed by atoms with Gasteiger partial charge in [-0.05, 0) is 6.08 Å². The summed E-state index contributed by atoms with van der Waals surface area (Å²) in [6, 6.07) is 1.86. The van der Waals surface area contributed by atoms with Crippen molar-refractivity contribution in [2.24, 2.45) is 4.99 Å². The average molecular weight is 171 g/mol. The van der Waals surface area contributed by atoms with Crippen molar-refractivity contribution < 1.29 is 0 Å². The monoisotopic (exact) mass is 170 g/mol. The molecule has 0 bridgehead atoms. The van der Waals surface area contributed by atoms with Gasteiger partial charge in [0.15, 0.2) is 5.71 Å². The van der Waals surface area contributed by atoms with Crippen LogP contribution in [0.15, 0.2) is 16.1 Å². The molecule has 0 saturated heterocycles. The normalized spacial score (nSPS) is 17.4. The van der Waals surface area contributed by atoms with Crippen LogP contribution in [0.5, 0.6) is 0 Å². The Morgan fingerprint density at radius 2 is 2.50 bits per heavy atom. The second-order valence-electron chi connectivity index (χ2n) is 1.74. The van der Waals surface area contributed by atoms with Gasteiger partial charge in [0.05, 0.1) is 11.6 Å². The third kappa shape index (κ3) is 1.41. The number of allylic oxidation sites excluding steroid dienone is 1. The summed E-state index contributed by atoms with van der Waals surface area (Å²) in [5.41, 5.74) is 0.273. The van der Waals surface area contributed by atoms with Gasteiger partial charge in [-0.2, -0.15) is 5.26 Å². The fourth-order valence-electron chi connectivity index (χ4n) is 0.577. The lowest BCUT2D eigenvalue weighted by molar-refractivity contribution is 1.31. The molecule has 0 fully saturated rings. The van der Waals surface area contributed by atoms with E-state index in [0.717, 1.165) is 0 Å². The van der Waals surface area contributed by atoms with Crippen LogP contribution in [0.1, 0.15) is 0 Å². The summed E-state index contributed by atoms with van der Waals surface area (Å²) in [6.45, 7) is 0.411. The minimum Gasteiger partial charge on any atom is -0.267 e. The minimum atomic E-state index is 0.273. The number of rotatable bonds is 0. The molecule has 0 N–H and O–H groups in total. The van der Waals surface area contributed by atoms with Crippen LogP contribution in [0, 0.1) is 11.3 Å². The second-order valence-corrected chi connectivity index (χ2v) is 2.67. The Morgan fingerprint density at radius 3 is 3.00 bits per heavy atom. The molecule has 0 atom stereocenters. The van der Waals surface area contributed by atoms with Gasteiger partial charge in [-0.1, -0.05) is 23.8 Å². The highest BCUT2D eigenvalue weighted by molar-refractivity contribution is 7.80. The zero-order valence-corrected chi connectivity index (χ0v) is 6.54. The molecule has 10 heavy (non-hydrogen) atoms. The number of hydrogen-bond acceptors (Lipinski definition) is 3. The minimum absolute atomic E-state index is 0.273. The van der Waals surface area contributed by atoms with E-state index >= 15 is 0 Å². The SMILES string of the molecule is N#CC1=NCC(=S)C=C1Cl. The third-order valence-electron chi connectivity index (χ3n) is 1.01. The first-order valence-electron chi connectivity index (χ1n) is 2.59. The Labute approximate surface area is 68.8 Å². The van der Waals surface area contributed by atoms with E-state index in [1.807, 2.05) is 6.07 Å². The number of nitrogens with zero attached hydrogens (tertiary/aromatic N) is 2. The van der Waals surface area contributed by atoms with Crippen molar-refractivity contribution in [2.75, 3.05) is 6.54 Å². The van der Waals surface area contributed by atoms with Crippen LogP contribution in [-0.2, 0) is 0 Å². The summed E-state index contributed by atoms with van der Waals surface area (Å²) in [7, 11) is 0. The Morgan fingerprint density at radius 1 is 1.80 bits per heavy atom. The van der Waals surface area contributed by atoms with Crippen molar-refractivity contribution in [1.82, 2.24) is 0 Å². The van der Waals surface area contributed by atoms with Gasteiger partial charge < -0.3 is 0 Å². The fraction of sp³-hybridized carbons (Fsp3) is 0.167. The highest BCUT2D eigenvalue weighted by Gasteiger charge is 2.08. The topological polar surface area (TPSA) is 36.1 Å². The molecule has 1 aliphatic heterocycles. The summed E-state index contributed by atoms with van der Waals surface area (Å²) >= 11 is 10.4. The summed E-state index contributed by atoms with van der Waals surface area (Å²) in [5.74, 6) is 0. The van der Waals surface area contributed by atoms with Gasteiger partial charge in [0.2, 0.25) is 0 Å². The molecule has 0 amide bonds. The van der Waals surface area contributed by atoms with E-state index < -0.39 is 0 Å². The molecule has 0 spiro atoms. The zero-order valence-electron chi connectivity index (χ0n) is 4.97. The highest BCUT2D eigenvalue weighted by atomic mass is 35.5. The van der Waals surface area contributed by atoms with Gasteiger partial charge in [-0.25, -0.2) is 0 Å². The first-order chi connectivity index (χ1) is 4.74. The molecule has 0 unspecified atom stereocenters. The lowest BCUT2D eigenvalue weighted by Gasteiger charge is -2.02. The summed E-state index contributed by atoms with van der Waals surface area (Å²) in [6.07, 6.45) is 1.59. The van der Waals surface area contributed by atoms with Crippen LogP contribution in [0.25, 0.3) is 0 Å². The standard InChI is InChI=1S/C6H3ClN2S/c7-5-1-4(10)3-9-6(5)2-8/h1H,3H2. The van der Waals surface area contributed by atoms with Crippen LogP contribution in [0.4, 0.5) is 0 Å². The number of hydrogen-bond donors (Lipinski definition) is 0. The zero-order chi connectivity index (χ0) is 7.56. The largest absolute Gasteiger partial charge is 0.267 e. The number of nitriles is 1. The first kappa shape index (κ1) is 7.39. The predicted molar refractivity (Wildman–Crippen MR) is 44.4 cm³/mol. The highest BCUT2D eigenvalue weighted by Crippen LogP contribution is 2.09. The van der Waals surface area contributed by atoms with Crippen molar-refractivity contribution >= 4 is 34.4 Å². The number of dihydropyridines is 1. The summed E-state index contributed by atoms with van der Waals surface area (Å²) in [5, 5.41) is 8.74. The van der Waals surface area contributed by atoms with Crippen molar-refractivity contribution in [3.63, 3.8) is 0 Å². The summed E-state index contributed by atoms with van der Waals surface area (Å²) < 4.78 is 0. The maximum Gasteiger partial charge on any atom is 0.154 e. The van der Waals surface area contributed by atoms with E-state index in [-0.39, 0.29) is 5.71 Å². The second kappa shape index (κ2) is 2.91. The van der Waals surface area contributed by atoms with Crippen molar-refractivity contribution in [3.05, 3.63) is 11.1 Å². The number of aliphatic imine (C=N–C) groups is 1. The summed E-state index contributed by atoms with van der Waals surface area (Å²) in [4.78, 5) is 4.49. The molecule has 0 aliphatic carbocycles. The fourth-order valence-corrected chi connectivity index (χ4v) is 1.06. The molecule has 0 radical (unpaired) electrons. The molecule has 1 rings (SSSR count). The van der Waals surface area contributed by atoms with Crippen molar-refractivity contribution in [1.29, 1.82) is 5.26 Å². The predicted octanol–water partition coefficient (Wildman–Crippen LogP) is 1.46. The molecule has 0 saturated carbocycles. The molecular weight excluding hydrogens is 168 g/mol. The van der Waals surface area contributed by atoms with E-state index in [1.165, 1.54) is 0 Å². The lowest BCUT2D eigenvalue weighted by atomic mass is 10.2. The van der Waals surface area contributed by atoms with E-state index in [1.54, 1.807) is 6.08 Å². The van der Waals surface area contributed by atoms with E-state index in [2.05, 4.69) is 4.99 Å². The molecule has 0 aromatic heterocycles. The van der Waals surface area contributed by atoms with E-state index in [9.17, 15) is 0 Å². The molecular formula is C6H3ClN2S. The van der Waals surface area contributed by atoms with Crippen molar-refractivity contribution in [3.8, 4) is 6.07 Å². The van der Waals surface area contributed by atoms with Gasteiger partial charge in [0, 0.05) is 4.86 Å². The number of thiocarbonyl (C=S) groups is 1. The van der Waals surface area contributed by atoms with Gasteiger partial charge in [0.1, 0.15) is 6.07 Å². The quantitative estimate of drug-likeness (QED) is 0.516. The van der Waals surface area contributed by atoms with Gasteiger partial charge in [-0.15, -0.1) is 0 Å². The maximum atomic E-state index is 8.40. The van der Waals surface area contributed by atoms with Gasteiger partial charge >= 0.3 is 0 Å². The Balaban J connectivity index is 2.94. The Hall–Kier alpha value is -0.720. The smallest absolute Gasteiger partial charge is 0.154 e. The third-order valence-corrected chi connectivity index (χ3v) is 1.55. The molecule has 4 heteroatoms. The average Bonchev–Trinajstić information content (AvgIpc) is 1.88. The molecule has 1 aliphatic rings. The molecule has 0 aromatic carbocycles. The van der Waals surface area contributed by atoms with Crippen LogP contribution < -0.4 is 0 Å². The van der Waals surface area contributed by atoms with Crippen LogP contribution >= 0.6 is 23.8 Å². The lowest BCUT2D eigenvalue weighted by Crippen LogP contribution is -2.08. The molecule has 50 valence electrons. The Bertz CT molecular complexity index is 272. The van der Waals surface area contributed by atoms with E-state index in [0.29, 0.717) is 16.4 Å². The van der Waals surface area contributed by atoms with Crippen molar-refractivity contribution in [2.45, 2.75) is 0 Å². The van der Waals surface area contributed by atoms with Crippen LogP contribution in [0.2, 0.25) is 0 Å². The Kier molecular flexibility index (Phi) is 2.15. The molecule has 2 nitrogen and oxygen atoms in total. The number of halogens is 1. The molecule has 1 heterocycles. The van der Waals surface area contributed by atoms with E-state index in [4.69, 9.17) is 29.1 Å². The van der Waals surface area contributed by atoms with Crippen LogP contribution in [0.3, 0.4) is 0 Å². The van der Waals surface area contributed by atoms with Crippen LogP contribution in [-0.4, -0.2) is 17.1 Å². The molecule has 0 aromatic rings. The van der Waals surface area contributed by atoms with Gasteiger partial charge in [0.25, 0.3) is 0 Å².